The van der Waals surface area contributed by atoms with Crippen molar-refractivity contribution < 1.29 is 9.18 Å². The van der Waals surface area contributed by atoms with Crippen LogP contribution in [0.3, 0.4) is 0 Å². The highest BCUT2D eigenvalue weighted by atomic mass is 19.1. The standard InChI is InChI=1S/C28H22FN3O/c29-21-10-6-9-20(17-21)26(19-13-14-19)32-28(33)25-22-11-4-5-12-24(22)31-27(23(25)15-16-30)18-7-2-1-3-8-18/h1-12,17,19,26H,13-15H2,(H,32,33). The predicted octanol–water partition coefficient (Wildman–Crippen LogP) is 5.99. The van der Waals surface area contributed by atoms with Crippen LogP contribution in [0.15, 0.2) is 78.9 Å². The van der Waals surface area contributed by atoms with E-state index in [1.54, 1.807) is 6.07 Å². The lowest BCUT2D eigenvalue weighted by Crippen LogP contribution is -2.31. The van der Waals surface area contributed by atoms with Crippen LogP contribution in [0.25, 0.3) is 22.2 Å². The summed E-state index contributed by atoms with van der Waals surface area (Å²) in [5.41, 5.74) is 4.00. The third-order valence-corrected chi connectivity index (χ3v) is 6.11. The highest BCUT2D eigenvalue weighted by Crippen LogP contribution is 2.41. The molecule has 5 rings (SSSR count). The molecule has 1 heterocycles. The molecule has 1 aliphatic carbocycles. The number of halogens is 1. The van der Waals surface area contributed by atoms with Gasteiger partial charge in [0.05, 0.1) is 35.3 Å². The monoisotopic (exact) mass is 435 g/mol. The summed E-state index contributed by atoms with van der Waals surface area (Å²) in [7, 11) is 0. The van der Waals surface area contributed by atoms with Gasteiger partial charge in [-0.25, -0.2) is 9.37 Å². The van der Waals surface area contributed by atoms with Gasteiger partial charge >= 0.3 is 0 Å². The van der Waals surface area contributed by atoms with E-state index in [1.165, 1.54) is 12.1 Å². The molecule has 5 heteroatoms. The number of rotatable bonds is 6. The molecule has 4 nitrogen and oxygen atoms in total. The Morgan fingerprint density at radius 1 is 1.06 bits per heavy atom. The molecule has 33 heavy (non-hydrogen) atoms. The first-order valence-electron chi connectivity index (χ1n) is 11.1. The van der Waals surface area contributed by atoms with Crippen LogP contribution in [0.1, 0.15) is 40.4 Å². The van der Waals surface area contributed by atoms with Crippen LogP contribution < -0.4 is 5.32 Å². The number of benzene rings is 3. The fourth-order valence-corrected chi connectivity index (χ4v) is 4.41. The van der Waals surface area contributed by atoms with E-state index in [0.717, 1.165) is 24.0 Å². The second kappa shape index (κ2) is 8.84. The normalized spacial score (nSPS) is 13.9. The summed E-state index contributed by atoms with van der Waals surface area (Å²) in [5, 5.41) is 13.5. The Morgan fingerprint density at radius 2 is 1.82 bits per heavy atom. The summed E-state index contributed by atoms with van der Waals surface area (Å²) < 4.78 is 13.9. The number of nitrogens with zero attached hydrogens (tertiary/aromatic N) is 2. The Kier molecular flexibility index (Phi) is 5.58. The van der Waals surface area contributed by atoms with Crippen molar-refractivity contribution >= 4 is 16.8 Å². The number of hydrogen-bond acceptors (Lipinski definition) is 3. The molecule has 1 aromatic heterocycles. The summed E-state index contributed by atoms with van der Waals surface area (Å²) in [4.78, 5) is 18.6. The number of hydrogen-bond donors (Lipinski definition) is 1. The largest absolute Gasteiger partial charge is 0.345 e. The molecule has 0 bridgehead atoms. The van der Waals surface area contributed by atoms with Gasteiger partial charge in [0.1, 0.15) is 5.82 Å². The highest BCUT2D eigenvalue weighted by molar-refractivity contribution is 6.09. The zero-order valence-electron chi connectivity index (χ0n) is 18.0. The van der Waals surface area contributed by atoms with Crippen LogP contribution >= 0.6 is 0 Å². The zero-order chi connectivity index (χ0) is 22.8. The minimum atomic E-state index is -0.321. The van der Waals surface area contributed by atoms with Crippen molar-refractivity contribution in [3.63, 3.8) is 0 Å². The second-order valence-corrected chi connectivity index (χ2v) is 8.38. The van der Waals surface area contributed by atoms with Crippen LogP contribution in [-0.2, 0) is 6.42 Å². The highest BCUT2D eigenvalue weighted by Gasteiger charge is 2.34. The van der Waals surface area contributed by atoms with Crippen molar-refractivity contribution in [2.75, 3.05) is 0 Å². The van der Waals surface area contributed by atoms with Gasteiger partial charge in [0.15, 0.2) is 0 Å². The van der Waals surface area contributed by atoms with Gasteiger partial charge in [0, 0.05) is 16.5 Å². The zero-order valence-corrected chi connectivity index (χ0v) is 18.0. The van der Waals surface area contributed by atoms with Gasteiger partial charge in [0.2, 0.25) is 0 Å². The number of fused-ring (bicyclic) bond motifs is 1. The van der Waals surface area contributed by atoms with Gasteiger partial charge < -0.3 is 5.32 Å². The minimum absolute atomic E-state index is 0.0544. The molecule has 1 unspecified atom stereocenters. The van der Waals surface area contributed by atoms with Crippen molar-refractivity contribution in [3.05, 3.63) is 101 Å². The molecule has 4 aromatic rings. The molecule has 0 aliphatic heterocycles. The Balaban J connectivity index is 1.65. The number of nitriles is 1. The molecule has 1 aliphatic rings. The van der Waals surface area contributed by atoms with Gasteiger partial charge in [-0.2, -0.15) is 5.26 Å². The Hall–Kier alpha value is -4.04. The Morgan fingerprint density at radius 3 is 2.55 bits per heavy atom. The van der Waals surface area contributed by atoms with Crippen molar-refractivity contribution in [1.29, 1.82) is 5.26 Å². The van der Waals surface area contributed by atoms with Crippen LogP contribution in [0.4, 0.5) is 4.39 Å². The average Bonchev–Trinajstić information content (AvgIpc) is 3.68. The summed E-state index contributed by atoms with van der Waals surface area (Å²) in [6, 6.07) is 25.4. The fraction of sp³-hybridized carbons (Fsp3) is 0.179. The molecule has 1 N–H and O–H groups in total. The first kappa shape index (κ1) is 20.8. The third-order valence-electron chi connectivity index (χ3n) is 6.11. The molecule has 1 saturated carbocycles. The number of pyridine rings is 1. The van der Waals surface area contributed by atoms with E-state index in [4.69, 9.17) is 4.98 Å². The van der Waals surface area contributed by atoms with Crippen LogP contribution in [0, 0.1) is 23.1 Å². The lowest BCUT2D eigenvalue weighted by molar-refractivity contribution is 0.0932. The van der Waals surface area contributed by atoms with E-state index in [-0.39, 0.29) is 30.1 Å². The van der Waals surface area contributed by atoms with Crippen LogP contribution in [0.5, 0.6) is 0 Å². The van der Waals surface area contributed by atoms with E-state index in [9.17, 15) is 14.4 Å². The summed E-state index contributed by atoms with van der Waals surface area (Å²) in [6.45, 7) is 0. The van der Waals surface area contributed by atoms with Gasteiger partial charge in [0.25, 0.3) is 5.91 Å². The predicted molar refractivity (Wildman–Crippen MR) is 126 cm³/mol. The SMILES string of the molecule is N#CCc1c(-c2ccccc2)nc2ccccc2c1C(=O)NC(c1cccc(F)c1)C1CC1. The summed E-state index contributed by atoms with van der Waals surface area (Å²) in [6.07, 6.45) is 2.02. The Labute approximate surface area is 191 Å². The van der Waals surface area contributed by atoms with Crippen LogP contribution in [-0.4, -0.2) is 10.9 Å². The maximum absolute atomic E-state index is 13.9. The molecule has 162 valence electrons. The molecule has 1 atom stereocenters. The molecule has 1 fully saturated rings. The molecule has 0 radical (unpaired) electrons. The van der Waals surface area contributed by atoms with Gasteiger partial charge in [-0.3, -0.25) is 4.79 Å². The van der Waals surface area contributed by atoms with Gasteiger partial charge in [-0.15, -0.1) is 0 Å². The molecule has 3 aromatic carbocycles. The topological polar surface area (TPSA) is 65.8 Å². The van der Waals surface area contributed by atoms with Gasteiger partial charge in [-0.1, -0.05) is 60.7 Å². The average molecular weight is 436 g/mol. The lowest BCUT2D eigenvalue weighted by Gasteiger charge is -2.21. The number of carbonyl (C=O) groups excluding carboxylic acids is 1. The lowest BCUT2D eigenvalue weighted by atomic mass is 9.93. The van der Waals surface area contributed by atoms with E-state index >= 15 is 0 Å². The summed E-state index contributed by atoms with van der Waals surface area (Å²) >= 11 is 0. The first-order chi connectivity index (χ1) is 16.2. The first-order valence-corrected chi connectivity index (χ1v) is 11.1. The van der Waals surface area contributed by atoms with Crippen molar-refractivity contribution in [2.24, 2.45) is 5.92 Å². The van der Waals surface area contributed by atoms with E-state index in [0.29, 0.717) is 27.7 Å². The Bertz CT molecular complexity index is 1370. The smallest absolute Gasteiger partial charge is 0.252 e. The number of aromatic nitrogens is 1. The molecule has 1 amide bonds. The van der Waals surface area contributed by atoms with Gasteiger partial charge in [-0.05, 0) is 42.5 Å². The number of amides is 1. The number of para-hydroxylation sites is 1. The van der Waals surface area contributed by atoms with E-state index in [2.05, 4.69) is 11.4 Å². The molecular weight excluding hydrogens is 413 g/mol. The maximum atomic E-state index is 13.9. The molecular formula is C28H22FN3O. The number of carbonyl (C=O) groups is 1. The van der Waals surface area contributed by atoms with E-state index in [1.807, 2.05) is 60.7 Å². The minimum Gasteiger partial charge on any atom is -0.345 e. The van der Waals surface area contributed by atoms with Crippen molar-refractivity contribution in [1.82, 2.24) is 10.3 Å². The second-order valence-electron chi connectivity index (χ2n) is 8.38. The summed E-state index contributed by atoms with van der Waals surface area (Å²) in [5.74, 6) is -0.313. The molecule has 0 saturated heterocycles. The quantitative estimate of drug-likeness (QED) is 0.405. The maximum Gasteiger partial charge on any atom is 0.252 e. The van der Waals surface area contributed by atoms with E-state index < -0.39 is 0 Å². The third kappa shape index (κ3) is 4.20. The number of nitrogens with one attached hydrogen (secondary N) is 1. The molecule has 0 spiro atoms. The van der Waals surface area contributed by atoms with Crippen molar-refractivity contribution in [3.8, 4) is 17.3 Å². The van der Waals surface area contributed by atoms with Crippen LogP contribution in [0.2, 0.25) is 0 Å². The fourth-order valence-electron chi connectivity index (χ4n) is 4.41. The van der Waals surface area contributed by atoms with Crippen molar-refractivity contribution in [2.45, 2.75) is 25.3 Å².